The van der Waals surface area contributed by atoms with Crippen LogP contribution >= 0.6 is 0 Å². The third-order valence-corrected chi connectivity index (χ3v) is 4.54. The van der Waals surface area contributed by atoms with Crippen molar-refractivity contribution >= 4 is 32.6 Å². The summed E-state index contributed by atoms with van der Waals surface area (Å²) in [4.78, 5) is 7.51. The van der Waals surface area contributed by atoms with Gasteiger partial charge in [-0.25, -0.2) is 0 Å². The van der Waals surface area contributed by atoms with Crippen molar-refractivity contribution in [2.24, 2.45) is 0 Å². The minimum atomic E-state index is 0.426. The van der Waals surface area contributed by atoms with E-state index in [-0.39, 0.29) is 0 Å². The van der Waals surface area contributed by atoms with Crippen LogP contribution < -0.4 is 4.84 Å². The van der Waals surface area contributed by atoms with Crippen LogP contribution in [0.2, 0.25) is 0 Å². The van der Waals surface area contributed by atoms with Gasteiger partial charge < -0.3 is 4.84 Å². The largest absolute Gasteiger partial charge is 0.390 e. The van der Waals surface area contributed by atoms with Gasteiger partial charge in [0.15, 0.2) is 0 Å². The molecule has 25 heavy (non-hydrogen) atoms. The molecule has 0 saturated carbocycles. The summed E-state index contributed by atoms with van der Waals surface area (Å²) in [5.41, 5.74) is 2.85. The molecule has 0 N–H and O–H groups in total. The maximum absolute atomic E-state index is 6.00. The summed E-state index contributed by atoms with van der Waals surface area (Å²) >= 11 is 0. The van der Waals surface area contributed by atoms with E-state index in [1.165, 1.54) is 26.4 Å². The number of nitrogens with zero attached hydrogens (tertiary/aromatic N) is 3. The van der Waals surface area contributed by atoms with Gasteiger partial charge in [0.1, 0.15) is 17.6 Å². The molecule has 4 aromatic carbocycles. The average molecular weight is 325 g/mol. The lowest BCUT2D eigenvalue weighted by molar-refractivity contribution is 0.0765. The summed E-state index contributed by atoms with van der Waals surface area (Å²) in [7, 11) is 0. The summed E-state index contributed by atoms with van der Waals surface area (Å²) in [5.74, 6) is 0. The highest BCUT2D eigenvalue weighted by molar-refractivity contribution is 6.02. The van der Waals surface area contributed by atoms with Gasteiger partial charge in [-0.3, -0.25) is 0 Å². The van der Waals surface area contributed by atoms with Gasteiger partial charge in [0.05, 0.1) is 0 Å². The Morgan fingerprint density at radius 3 is 2.16 bits per heavy atom. The zero-order valence-corrected chi connectivity index (χ0v) is 13.5. The Balaban J connectivity index is 1.63. The number of hydrogen-bond donors (Lipinski definition) is 0. The first-order valence-electron chi connectivity index (χ1n) is 8.23. The van der Waals surface area contributed by atoms with E-state index in [0.29, 0.717) is 6.61 Å². The van der Waals surface area contributed by atoms with Gasteiger partial charge in [0, 0.05) is 5.56 Å². The second-order valence-corrected chi connectivity index (χ2v) is 6.02. The highest BCUT2D eigenvalue weighted by atomic mass is 16.7. The molecule has 0 fully saturated rings. The van der Waals surface area contributed by atoms with Crippen LogP contribution in [0.5, 0.6) is 0 Å². The van der Waals surface area contributed by atoms with E-state index in [9.17, 15) is 0 Å². The van der Waals surface area contributed by atoms with Crippen LogP contribution in [0, 0.1) is 0 Å². The first kappa shape index (κ1) is 14.0. The van der Waals surface area contributed by atoms with Gasteiger partial charge in [0.25, 0.3) is 0 Å². The van der Waals surface area contributed by atoms with Crippen LogP contribution in [0.4, 0.5) is 0 Å². The van der Waals surface area contributed by atoms with E-state index in [1.54, 1.807) is 0 Å². The van der Waals surface area contributed by atoms with E-state index < -0.39 is 0 Å². The third-order valence-electron chi connectivity index (χ3n) is 4.54. The molecule has 0 aliphatic carbocycles. The topological polar surface area (TPSA) is 39.9 Å². The smallest absolute Gasteiger partial charge is 0.143 e. The first-order chi connectivity index (χ1) is 12.4. The van der Waals surface area contributed by atoms with E-state index in [2.05, 4.69) is 64.9 Å². The molecular weight excluding hydrogens is 310 g/mol. The van der Waals surface area contributed by atoms with Crippen molar-refractivity contribution in [3.63, 3.8) is 0 Å². The first-order valence-corrected chi connectivity index (χ1v) is 8.23. The molecule has 120 valence electrons. The summed E-state index contributed by atoms with van der Waals surface area (Å²) in [6.45, 7) is 0.426. The fraction of sp³-hybridized carbons (Fsp3) is 0.0476. The summed E-state index contributed by atoms with van der Waals surface area (Å²) in [6.07, 6.45) is 0. The highest BCUT2D eigenvalue weighted by Crippen LogP contribution is 2.28. The normalized spacial score (nSPS) is 11.4. The predicted octanol–water partition coefficient (Wildman–Crippen LogP) is 4.37. The van der Waals surface area contributed by atoms with E-state index in [1.807, 2.05) is 24.3 Å². The SMILES string of the molecule is c1ccc2c(COn3nnc4ccccc43)c3ccccc3cc2c1. The van der Waals surface area contributed by atoms with Crippen molar-refractivity contribution in [1.82, 2.24) is 15.2 Å². The maximum atomic E-state index is 6.00. The molecule has 0 atom stereocenters. The highest BCUT2D eigenvalue weighted by Gasteiger charge is 2.10. The van der Waals surface area contributed by atoms with Crippen molar-refractivity contribution in [3.8, 4) is 0 Å². The summed E-state index contributed by atoms with van der Waals surface area (Å²) in [5, 5.41) is 13.1. The fourth-order valence-electron chi connectivity index (χ4n) is 3.33. The molecule has 4 nitrogen and oxygen atoms in total. The minimum absolute atomic E-state index is 0.426. The quantitative estimate of drug-likeness (QED) is 0.463. The molecule has 5 rings (SSSR count). The lowest BCUT2D eigenvalue weighted by Gasteiger charge is -2.12. The number of benzene rings is 4. The molecule has 0 aliphatic heterocycles. The van der Waals surface area contributed by atoms with Crippen LogP contribution in [-0.2, 0) is 6.61 Å². The molecule has 0 amide bonds. The molecule has 5 aromatic rings. The minimum Gasteiger partial charge on any atom is -0.390 e. The number of aromatic nitrogens is 3. The molecule has 0 unspecified atom stereocenters. The number of hydrogen-bond acceptors (Lipinski definition) is 3. The standard InChI is InChI=1S/C21H15N3O/c1-3-9-17-15(7-1)13-16-8-2-4-10-18(16)19(17)14-25-24-21-12-6-5-11-20(21)22-23-24/h1-13H,14H2. The van der Waals surface area contributed by atoms with Crippen molar-refractivity contribution in [2.45, 2.75) is 6.61 Å². The Morgan fingerprint density at radius 1 is 0.760 bits per heavy atom. The maximum Gasteiger partial charge on any atom is 0.143 e. The lowest BCUT2D eigenvalue weighted by atomic mass is 9.97. The van der Waals surface area contributed by atoms with E-state index in [0.717, 1.165) is 16.6 Å². The Kier molecular flexibility index (Phi) is 3.13. The predicted molar refractivity (Wildman–Crippen MR) is 99.3 cm³/mol. The Labute approximate surface area is 144 Å². The van der Waals surface area contributed by atoms with Crippen molar-refractivity contribution in [1.29, 1.82) is 0 Å². The van der Waals surface area contributed by atoms with Gasteiger partial charge >= 0.3 is 0 Å². The summed E-state index contributed by atoms with van der Waals surface area (Å²) in [6, 6.07) is 26.8. The molecule has 0 saturated heterocycles. The average Bonchev–Trinajstić information content (AvgIpc) is 3.08. The Bertz CT molecular complexity index is 1160. The zero-order valence-electron chi connectivity index (χ0n) is 13.5. The van der Waals surface area contributed by atoms with Crippen LogP contribution in [-0.4, -0.2) is 15.2 Å². The number of rotatable bonds is 3. The van der Waals surface area contributed by atoms with Gasteiger partial charge in [-0.2, -0.15) is 0 Å². The van der Waals surface area contributed by atoms with Crippen LogP contribution in [0.1, 0.15) is 5.56 Å². The molecule has 4 heteroatoms. The molecular formula is C21H15N3O. The molecule has 0 radical (unpaired) electrons. The van der Waals surface area contributed by atoms with Crippen molar-refractivity contribution in [3.05, 3.63) is 84.4 Å². The van der Waals surface area contributed by atoms with Crippen LogP contribution in [0.3, 0.4) is 0 Å². The lowest BCUT2D eigenvalue weighted by Crippen LogP contribution is -2.13. The van der Waals surface area contributed by atoms with E-state index >= 15 is 0 Å². The second kappa shape index (κ2) is 5.60. The fourth-order valence-corrected chi connectivity index (χ4v) is 3.33. The van der Waals surface area contributed by atoms with Gasteiger partial charge in [-0.1, -0.05) is 65.5 Å². The zero-order chi connectivity index (χ0) is 16.6. The van der Waals surface area contributed by atoms with Crippen LogP contribution in [0.25, 0.3) is 32.6 Å². The van der Waals surface area contributed by atoms with Gasteiger partial charge in [-0.05, 0) is 45.0 Å². The van der Waals surface area contributed by atoms with E-state index in [4.69, 9.17) is 4.84 Å². The number of fused-ring (bicyclic) bond motifs is 3. The molecule has 1 aromatic heterocycles. The second-order valence-electron chi connectivity index (χ2n) is 6.02. The Hall–Kier alpha value is -3.40. The molecule has 0 aliphatic rings. The number of para-hydroxylation sites is 1. The summed E-state index contributed by atoms with van der Waals surface area (Å²) < 4.78 is 0. The van der Waals surface area contributed by atoms with Crippen molar-refractivity contribution in [2.75, 3.05) is 0 Å². The Morgan fingerprint density at radius 2 is 1.40 bits per heavy atom. The van der Waals surface area contributed by atoms with Crippen LogP contribution in [0.15, 0.2) is 78.9 Å². The molecule has 0 bridgehead atoms. The van der Waals surface area contributed by atoms with Gasteiger partial charge in [-0.15, -0.1) is 5.10 Å². The van der Waals surface area contributed by atoms with Gasteiger partial charge in [0.2, 0.25) is 0 Å². The van der Waals surface area contributed by atoms with Crippen molar-refractivity contribution < 1.29 is 4.84 Å². The monoisotopic (exact) mass is 325 g/mol. The molecule has 0 spiro atoms. The third kappa shape index (κ3) is 2.31. The molecule has 1 heterocycles.